The zero-order valence-electron chi connectivity index (χ0n) is 16.1. The number of hydrogen-bond donors (Lipinski definition) is 1. The van der Waals surface area contributed by atoms with Crippen molar-refractivity contribution < 1.29 is 9.53 Å². The number of rotatable bonds is 5. The van der Waals surface area contributed by atoms with Gasteiger partial charge in [0.2, 0.25) is 5.91 Å². The summed E-state index contributed by atoms with van der Waals surface area (Å²) in [4.78, 5) is 25.8. The molecule has 0 spiro atoms. The molecule has 28 heavy (non-hydrogen) atoms. The van der Waals surface area contributed by atoms with Gasteiger partial charge in [0.25, 0.3) is 0 Å². The molecule has 142 valence electrons. The fourth-order valence-electron chi connectivity index (χ4n) is 3.07. The lowest BCUT2D eigenvalue weighted by Gasteiger charge is -2.08. The van der Waals surface area contributed by atoms with Crippen molar-refractivity contribution in [1.82, 2.24) is 19.5 Å². The van der Waals surface area contributed by atoms with Crippen molar-refractivity contribution >= 4 is 33.7 Å². The Morgan fingerprint density at radius 3 is 2.54 bits per heavy atom. The number of amides is 1. The molecule has 2 aromatic carbocycles. The Morgan fingerprint density at radius 2 is 1.75 bits per heavy atom. The summed E-state index contributed by atoms with van der Waals surface area (Å²) in [6, 6.07) is 13.4. The van der Waals surface area contributed by atoms with E-state index < -0.39 is 0 Å². The number of aryl methyl sites for hydroxylation is 3. The largest absolute Gasteiger partial charge is 0.364 e. The maximum absolute atomic E-state index is 12.2. The molecule has 7 nitrogen and oxygen atoms in total. The second-order valence-electron chi connectivity index (χ2n) is 6.71. The number of hydrogen-bond acceptors (Lipinski definition) is 5. The Morgan fingerprint density at radius 1 is 1.00 bits per heavy atom. The number of benzene rings is 2. The van der Waals surface area contributed by atoms with Gasteiger partial charge in [-0.05, 0) is 44.2 Å². The average Bonchev–Trinajstić information content (AvgIpc) is 2.99. The van der Waals surface area contributed by atoms with Gasteiger partial charge in [0.05, 0.1) is 33.5 Å². The Balaban J connectivity index is 1.38. The number of nitrogens with zero attached hydrogens (tertiary/aromatic N) is 4. The van der Waals surface area contributed by atoms with Crippen molar-refractivity contribution in [1.29, 1.82) is 0 Å². The zero-order chi connectivity index (χ0) is 19.7. The minimum absolute atomic E-state index is 0.0557. The molecule has 0 saturated heterocycles. The number of carbonyl (C=O) groups is 1. The number of imidazole rings is 1. The highest BCUT2D eigenvalue weighted by atomic mass is 16.5. The molecule has 0 bridgehead atoms. The quantitative estimate of drug-likeness (QED) is 0.579. The minimum atomic E-state index is -0.227. The van der Waals surface area contributed by atoms with Crippen LogP contribution in [-0.4, -0.2) is 32.0 Å². The van der Waals surface area contributed by atoms with Gasteiger partial charge >= 0.3 is 0 Å². The molecule has 7 heteroatoms. The van der Waals surface area contributed by atoms with Crippen molar-refractivity contribution in [3.05, 3.63) is 59.7 Å². The van der Waals surface area contributed by atoms with Crippen LogP contribution in [0, 0.1) is 13.8 Å². The lowest BCUT2D eigenvalue weighted by molar-refractivity contribution is -0.121. The third-order valence-corrected chi connectivity index (χ3v) is 4.70. The van der Waals surface area contributed by atoms with E-state index >= 15 is 0 Å². The van der Waals surface area contributed by atoms with Gasteiger partial charge in [0.1, 0.15) is 19.0 Å². The Bertz CT molecular complexity index is 1180. The molecule has 0 radical (unpaired) electrons. The summed E-state index contributed by atoms with van der Waals surface area (Å²) in [7, 11) is 1.94. The van der Waals surface area contributed by atoms with Crippen molar-refractivity contribution in [2.45, 2.75) is 20.5 Å². The van der Waals surface area contributed by atoms with Gasteiger partial charge in [0.15, 0.2) is 0 Å². The molecule has 1 N–H and O–H groups in total. The summed E-state index contributed by atoms with van der Waals surface area (Å²) in [5.41, 5.74) is 5.95. The number of aromatic nitrogens is 4. The number of para-hydroxylation sites is 2. The first-order valence-electron chi connectivity index (χ1n) is 9.04. The number of anilines is 1. The average molecular weight is 375 g/mol. The van der Waals surface area contributed by atoms with Crippen LogP contribution >= 0.6 is 0 Å². The second kappa shape index (κ2) is 7.36. The number of carbonyl (C=O) groups excluding carboxylic acids is 1. The van der Waals surface area contributed by atoms with Crippen molar-refractivity contribution in [2.75, 3.05) is 11.9 Å². The zero-order valence-corrected chi connectivity index (χ0v) is 16.1. The summed E-state index contributed by atoms with van der Waals surface area (Å²) in [5.74, 6) is 0.552. The first kappa shape index (κ1) is 18.1. The summed E-state index contributed by atoms with van der Waals surface area (Å²) in [6.07, 6.45) is 0. The van der Waals surface area contributed by atoms with Crippen molar-refractivity contribution in [3.63, 3.8) is 0 Å². The van der Waals surface area contributed by atoms with Crippen LogP contribution in [0.15, 0.2) is 42.5 Å². The molecule has 0 fully saturated rings. The highest BCUT2D eigenvalue weighted by Gasteiger charge is 2.09. The number of ether oxygens (including phenoxy) is 1. The van der Waals surface area contributed by atoms with E-state index in [-0.39, 0.29) is 19.1 Å². The van der Waals surface area contributed by atoms with Gasteiger partial charge < -0.3 is 14.6 Å². The fourth-order valence-corrected chi connectivity index (χ4v) is 3.07. The topological polar surface area (TPSA) is 81.9 Å². The first-order chi connectivity index (χ1) is 13.5. The van der Waals surface area contributed by atoms with Gasteiger partial charge in [-0.3, -0.25) is 4.79 Å². The molecule has 0 aliphatic rings. The van der Waals surface area contributed by atoms with E-state index in [1.807, 2.05) is 67.9 Å². The molecule has 4 aromatic rings. The van der Waals surface area contributed by atoms with Crippen molar-refractivity contribution in [2.24, 2.45) is 7.05 Å². The van der Waals surface area contributed by atoms with Crippen LogP contribution in [0.5, 0.6) is 0 Å². The molecule has 0 aliphatic carbocycles. The van der Waals surface area contributed by atoms with Crippen LogP contribution in [0.2, 0.25) is 0 Å². The Hall–Kier alpha value is -3.32. The molecule has 4 rings (SSSR count). The molecule has 2 aromatic heterocycles. The SMILES string of the molecule is Cc1nc2ccc(NC(=O)COCc3nc4ccccc4n3C)cc2nc1C. The molecule has 0 aliphatic heterocycles. The summed E-state index contributed by atoms with van der Waals surface area (Å²) in [6.45, 7) is 4.06. The van der Waals surface area contributed by atoms with E-state index in [9.17, 15) is 4.79 Å². The van der Waals surface area contributed by atoms with E-state index in [2.05, 4.69) is 20.3 Å². The third kappa shape index (κ3) is 3.57. The van der Waals surface area contributed by atoms with Crippen LogP contribution < -0.4 is 5.32 Å². The molecule has 0 atom stereocenters. The fraction of sp³-hybridized carbons (Fsp3) is 0.238. The normalized spacial score (nSPS) is 11.2. The summed E-state index contributed by atoms with van der Waals surface area (Å²) < 4.78 is 7.53. The van der Waals surface area contributed by atoms with E-state index in [0.717, 1.165) is 39.3 Å². The van der Waals surface area contributed by atoms with E-state index in [1.54, 1.807) is 0 Å². The highest BCUT2D eigenvalue weighted by molar-refractivity contribution is 5.93. The lowest BCUT2D eigenvalue weighted by atomic mass is 10.2. The predicted molar refractivity (Wildman–Crippen MR) is 108 cm³/mol. The third-order valence-electron chi connectivity index (χ3n) is 4.70. The van der Waals surface area contributed by atoms with Gasteiger partial charge in [-0.1, -0.05) is 12.1 Å². The maximum atomic E-state index is 12.2. The molecular weight excluding hydrogens is 354 g/mol. The summed E-state index contributed by atoms with van der Waals surface area (Å²) in [5, 5.41) is 2.84. The van der Waals surface area contributed by atoms with Crippen LogP contribution in [0.1, 0.15) is 17.2 Å². The van der Waals surface area contributed by atoms with Crippen LogP contribution in [0.3, 0.4) is 0 Å². The molecule has 2 heterocycles. The smallest absolute Gasteiger partial charge is 0.250 e. The van der Waals surface area contributed by atoms with Gasteiger partial charge in [-0.15, -0.1) is 0 Å². The molecule has 1 amide bonds. The highest BCUT2D eigenvalue weighted by Crippen LogP contribution is 2.18. The molecular formula is C21H21N5O2. The Labute approximate surface area is 162 Å². The van der Waals surface area contributed by atoms with Crippen LogP contribution in [0.4, 0.5) is 5.69 Å². The Kier molecular flexibility index (Phi) is 4.75. The number of fused-ring (bicyclic) bond motifs is 2. The van der Waals surface area contributed by atoms with Crippen molar-refractivity contribution in [3.8, 4) is 0 Å². The standard InChI is InChI=1S/C21H21N5O2/c1-13-14(2)23-18-10-15(8-9-16(18)22-13)24-21(27)12-28-11-20-25-17-6-4-5-7-19(17)26(20)3/h4-10H,11-12H2,1-3H3,(H,24,27). The monoisotopic (exact) mass is 375 g/mol. The number of nitrogens with one attached hydrogen (secondary N) is 1. The second-order valence-corrected chi connectivity index (χ2v) is 6.71. The molecule has 0 saturated carbocycles. The van der Waals surface area contributed by atoms with Crippen LogP contribution in [0.25, 0.3) is 22.1 Å². The van der Waals surface area contributed by atoms with E-state index in [0.29, 0.717) is 5.69 Å². The maximum Gasteiger partial charge on any atom is 0.250 e. The van der Waals surface area contributed by atoms with E-state index in [4.69, 9.17) is 4.74 Å². The molecule has 0 unspecified atom stereocenters. The van der Waals surface area contributed by atoms with Gasteiger partial charge in [-0.25, -0.2) is 15.0 Å². The van der Waals surface area contributed by atoms with Gasteiger partial charge in [0, 0.05) is 12.7 Å². The first-order valence-corrected chi connectivity index (χ1v) is 9.04. The minimum Gasteiger partial charge on any atom is -0.364 e. The van der Waals surface area contributed by atoms with Gasteiger partial charge in [-0.2, -0.15) is 0 Å². The van der Waals surface area contributed by atoms with Crippen LogP contribution in [-0.2, 0) is 23.2 Å². The summed E-state index contributed by atoms with van der Waals surface area (Å²) >= 11 is 0. The lowest BCUT2D eigenvalue weighted by Crippen LogP contribution is -2.18. The predicted octanol–water partition coefficient (Wildman–Crippen LogP) is 3.29. The van der Waals surface area contributed by atoms with E-state index in [1.165, 1.54) is 0 Å².